The Hall–Kier alpha value is -1.24. The van der Waals surface area contributed by atoms with Gasteiger partial charge >= 0.3 is 1.43 Å². The van der Waals surface area contributed by atoms with Crippen molar-refractivity contribution < 1.29 is 1.43 Å². The third kappa shape index (κ3) is 0.798. The maximum atomic E-state index is 3.24. The van der Waals surface area contributed by atoms with Crippen LogP contribution in [0.15, 0.2) is 42.4 Å². The minimum atomic E-state index is 0. The molecule has 0 amide bonds. The van der Waals surface area contributed by atoms with Gasteiger partial charge in [-0.25, -0.2) is 0 Å². The zero-order chi connectivity index (χ0) is 6.81. The summed E-state index contributed by atoms with van der Waals surface area (Å²) in [6.07, 6.45) is 16.5. The highest BCUT2D eigenvalue weighted by atomic mass is 15.1. The molecular weight excluding hydrogens is 122 g/mol. The summed E-state index contributed by atoms with van der Waals surface area (Å²) in [6.45, 7) is 0. The molecule has 2 aliphatic heterocycles. The lowest BCUT2D eigenvalue weighted by atomic mass is 10.2. The molecule has 0 atom stereocenters. The van der Waals surface area contributed by atoms with Crippen LogP contribution in [-0.4, -0.2) is 4.90 Å². The fourth-order valence-corrected chi connectivity index (χ4v) is 1.07. The van der Waals surface area contributed by atoms with Crippen molar-refractivity contribution in [3.63, 3.8) is 0 Å². The van der Waals surface area contributed by atoms with Crippen molar-refractivity contribution in [3.8, 4) is 0 Å². The predicted octanol–water partition coefficient (Wildman–Crippen LogP) is 2.09. The summed E-state index contributed by atoms with van der Waals surface area (Å²) in [4.78, 5) is 2.06. The highest BCUT2D eigenvalue weighted by molar-refractivity contribution is 5.30. The van der Waals surface area contributed by atoms with Gasteiger partial charge < -0.3 is 4.90 Å². The van der Waals surface area contributed by atoms with Crippen LogP contribution in [0.2, 0.25) is 0 Å². The summed E-state index contributed by atoms with van der Waals surface area (Å²) in [6, 6.07) is 0. The molecule has 1 heteroatoms. The van der Waals surface area contributed by atoms with Crippen LogP contribution in [0.3, 0.4) is 0 Å². The summed E-state index contributed by atoms with van der Waals surface area (Å²) >= 11 is 0. The summed E-state index contributed by atoms with van der Waals surface area (Å²) in [5, 5.41) is 0. The molecule has 0 N–H and O–H groups in total. The van der Waals surface area contributed by atoms with Crippen molar-refractivity contribution in [2.45, 2.75) is 6.42 Å². The first-order valence-corrected chi connectivity index (χ1v) is 3.37. The van der Waals surface area contributed by atoms with Crippen LogP contribution in [0.4, 0.5) is 0 Å². The van der Waals surface area contributed by atoms with Crippen LogP contribution in [0.5, 0.6) is 0 Å². The highest BCUT2D eigenvalue weighted by Gasteiger charge is 2.04. The molecule has 49 valence electrons. The van der Waals surface area contributed by atoms with Gasteiger partial charge in [-0.05, 0) is 24.6 Å². The molecule has 0 fully saturated rings. The summed E-state index contributed by atoms with van der Waals surface area (Å²) in [5.74, 6) is 0. The first-order chi connectivity index (χ1) is 4.97. The molecule has 0 saturated heterocycles. The molecule has 0 bridgehead atoms. The third-order valence-electron chi connectivity index (χ3n) is 1.56. The van der Waals surface area contributed by atoms with Gasteiger partial charge in [-0.15, -0.1) is 0 Å². The summed E-state index contributed by atoms with van der Waals surface area (Å²) < 4.78 is 0. The molecule has 0 aliphatic carbocycles. The molecule has 10 heavy (non-hydrogen) atoms. The minimum absolute atomic E-state index is 0. The number of fused-ring (bicyclic) bond motifs is 1. The number of rotatable bonds is 0. The molecule has 2 rings (SSSR count). The Bertz CT molecular complexity index is 248. The predicted molar refractivity (Wildman–Crippen MR) is 41.7 cm³/mol. The average molecular weight is 131 g/mol. The normalized spacial score (nSPS) is 20.8. The van der Waals surface area contributed by atoms with Gasteiger partial charge in [0.15, 0.2) is 0 Å². The van der Waals surface area contributed by atoms with E-state index < -0.39 is 0 Å². The number of hydrogen-bond acceptors (Lipinski definition) is 1. The van der Waals surface area contributed by atoms with Crippen molar-refractivity contribution in [1.29, 1.82) is 0 Å². The Labute approximate surface area is 62.1 Å². The Morgan fingerprint density at radius 3 is 3.30 bits per heavy atom. The van der Waals surface area contributed by atoms with Gasteiger partial charge in [-0.2, -0.15) is 0 Å². The third-order valence-corrected chi connectivity index (χ3v) is 1.56. The van der Waals surface area contributed by atoms with E-state index in [0.29, 0.717) is 0 Å². The first-order valence-electron chi connectivity index (χ1n) is 3.37. The maximum Gasteiger partial charge on any atom is 1.00 e. The Kier molecular flexibility index (Phi) is 1.21. The van der Waals surface area contributed by atoms with Crippen LogP contribution in [0, 0.1) is 6.08 Å². The Morgan fingerprint density at radius 2 is 2.40 bits per heavy atom. The fourth-order valence-electron chi connectivity index (χ4n) is 1.07. The summed E-state index contributed by atoms with van der Waals surface area (Å²) in [7, 11) is 0. The van der Waals surface area contributed by atoms with Gasteiger partial charge in [-0.1, -0.05) is 12.2 Å². The Morgan fingerprint density at radius 1 is 1.40 bits per heavy atom. The second-order valence-corrected chi connectivity index (χ2v) is 2.26. The molecular formula is C9H9N+. The minimum Gasteiger partial charge on any atom is -0.324 e. The fraction of sp³-hybridized carbons (Fsp3) is 0.111. The van der Waals surface area contributed by atoms with Gasteiger partial charge in [0.2, 0.25) is 0 Å². The number of allylic oxidation sites excluding steroid dienone is 5. The van der Waals surface area contributed by atoms with Crippen molar-refractivity contribution in [2.75, 3.05) is 0 Å². The molecule has 0 aromatic carbocycles. The average Bonchev–Trinajstić information content (AvgIpc) is 2.05. The second kappa shape index (κ2) is 2.18. The molecule has 0 spiro atoms. The number of hydrogen-bond donors (Lipinski definition) is 0. The molecule has 2 aliphatic rings. The standard InChI is InChI=1S/C9H8N/c1-3-7-10-8-4-2-6-9(10)5-1/h1,3-5,7-8H,2H2/p+1. The molecule has 0 saturated carbocycles. The van der Waals surface area contributed by atoms with Crippen molar-refractivity contribution in [3.05, 3.63) is 48.5 Å². The van der Waals surface area contributed by atoms with E-state index >= 15 is 0 Å². The van der Waals surface area contributed by atoms with Crippen LogP contribution < -0.4 is 0 Å². The van der Waals surface area contributed by atoms with E-state index in [2.05, 4.69) is 29.3 Å². The second-order valence-electron chi connectivity index (χ2n) is 2.26. The lowest BCUT2D eigenvalue weighted by Crippen LogP contribution is -2.11. The quantitative estimate of drug-likeness (QED) is 0.486. The molecule has 0 aromatic heterocycles. The molecule has 0 aromatic rings. The lowest BCUT2D eigenvalue weighted by molar-refractivity contribution is 0.624. The van der Waals surface area contributed by atoms with Crippen molar-refractivity contribution >= 4 is 0 Å². The SMILES string of the molecule is [C]1=C2C=CC=CN2C=CC1.[H+]. The van der Waals surface area contributed by atoms with Crippen LogP contribution in [0.1, 0.15) is 7.85 Å². The summed E-state index contributed by atoms with van der Waals surface area (Å²) in [5.41, 5.74) is 1.16. The van der Waals surface area contributed by atoms with E-state index in [4.69, 9.17) is 0 Å². The largest absolute Gasteiger partial charge is 1.00 e. The van der Waals surface area contributed by atoms with E-state index in [1.54, 1.807) is 0 Å². The molecule has 2 heterocycles. The van der Waals surface area contributed by atoms with Gasteiger partial charge in [0.05, 0.1) is 0 Å². The van der Waals surface area contributed by atoms with E-state index in [-0.39, 0.29) is 1.43 Å². The van der Waals surface area contributed by atoms with Gasteiger partial charge in [0.25, 0.3) is 0 Å². The van der Waals surface area contributed by atoms with Crippen LogP contribution >= 0.6 is 0 Å². The highest BCUT2D eigenvalue weighted by Crippen LogP contribution is 2.16. The first kappa shape index (κ1) is 5.54. The van der Waals surface area contributed by atoms with Crippen molar-refractivity contribution in [1.82, 2.24) is 4.90 Å². The van der Waals surface area contributed by atoms with E-state index in [1.165, 1.54) is 0 Å². The monoisotopic (exact) mass is 131 g/mol. The van der Waals surface area contributed by atoms with E-state index in [0.717, 1.165) is 12.1 Å². The zero-order valence-electron chi connectivity index (χ0n) is 6.62. The zero-order valence-corrected chi connectivity index (χ0v) is 5.62. The van der Waals surface area contributed by atoms with E-state index in [1.807, 2.05) is 18.4 Å². The lowest BCUT2D eigenvalue weighted by Gasteiger charge is -2.21. The molecule has 1 radical (unpaired) electrons. The van der Waals surface area contributed by atoms with Crippen LogP contribution in [0.25, 0.3) is 0 Å². The molecule has 0 unspecified atom stereocenters. The van der Waals surface area contributed by atoms with Gasteiger partial charge in [0, 0.05) is 18.1 Å². The smallest absolute Gasteiger partial charge is 0.324 e. The number of nitrogens with zero attached hydrogens (tertiary/aromatic N) is 1. The van der Waals surface area contributed by atoms with Crippen LogP contribution in [-0.2, 0) is 0 Å². The topological polar surface area (TPSA) is 3.24 Å². The molecule has 1 nitrogen and oxygen atoms in total. The van der Waals surface area contributed by atoms with Gasteiger partial charge in [-0.3, -0.25) is 0 Å². The van der Waals surface area contributed by atoms with Crippen molar-refractivity contribution in [2.24, 2.45) is 0 Å². The Balaban J connectivity index is 0.000000605. The van der Waals surface area contributed by atoms with Gasteiger partial charge in [0.1, 0.15) is 0 Å². The maximum absolute atomic E-state index is 3.24. The van der Waals surface area contributed by atoms with E-state index in [9.17, 15) is 0 Å².